The number of carbonyl (C=O) groups is 1. The number of rotatable bonds is 7. The number of hydrogen-bond acceptors (Lipinski definition) is 5. The van der Waals surface area contributed by atoms with E-state index < -0.39 is 16.1 Å². The van der Waals surface area contributed by atoms with Crippen molar-refractivity contribution < 1.29 is 13.2 Å². The molecule has 24 heavy (non-hydrogen) atoms. The fraction of sp³-hybridized carbons (Fsp3) is 0.562. The van der Waals surface area contributed by atoms with Gasteiger partial charge in [0, 0.05) is 26.2 Å². The molecule has 0 bridgehead atoms. The molecule has 2 N–H and O–H groups in total. The fourth-order valence-corrected chi connectivity index (χ4v) is 4.24. The zero-order chi connectivity index (χ0) is 17.6. The first-order valence-electron chi connectivity index (χ1n) is 8.01. The van der Waals surface area contributed by atoms with E-state index in [-0.39, 0.29) is 10.8 Å². The third-order valence-electron chi connectivity index (χ3n) is 3.97. The lowest BCUT2D eigenvalue weighted by atomic mass is 10.2. The summed E-state index contributed by atoms with van der Waals surface area (Å²) in [6, 6.07) is 5.92. The highest BCUT2D eigenvalue weighted by Gasteiger charge is 2.29. The molecule has 1 saturated heterocycles. The van der Waals surface area contributed by atoms with Gasteiger partial charge in [-0.05, 0) is 37.5 Å². The van der Waals surface area contributed by atoms with Crippen LogP contribution in [0.15, 0.2) is 29.2 Å². The van der Waals surface area contributed by atoms with Gasteiger partial charge in [0.1, 0.15) is 6.04 Å². The Balaban J connectivity index is 2.14. The Morgan fingerprint density at radius 3 is 2.50 bits per heavy atom. The van der Waals surface area contributed by atoms with Crippen LogP contribution in [-0.2, 0) is 14.8 Å². The van der Waals surface area contributed by atoms with Crippen molar-refractivity contribution in [3.05, 3.63) is 29.8 Å². The smallest absolute Gasteiger partial charge is 0.241 e. The van der Waals surface area contributed by atoms with Crippen LogP contribution in [0.4, 0.5) is 0 Å². The molecule has 134 valence electrons. The Morgan fingerprint density at radius 1 is 1.29 bits per heavy atom. The van der Waals surface area contributed by atoms with Crippen LogP contribution in [0.1, 0.15) is 12.0 Å². The zero-order valence-electron chi connectivity index (χ0n) is 14.1. The lowest BCUT2D eigenvalue weighted by molar-refractivity contribution is -0.133. The van der Waals surface area contributed by atoms with E-state index in [0.29, 0.717) is 19.5 Å². The lowest BCUT2D eigenvalue weighted by Crippen LogP contribution is -2.54. The van der Waals surface area contributed by atoms with Gasteiger partial charge < -0.3 is 10.2 Å². The highest BCUT2D eigenvalue weighted by Crippen LogP contribution is 2.13. The van der Waals surface area contributed by atoms with Crippen LogP contribution < -0.4 is 10.0 Å². The summed E-state index contributed by atoms with van der Waals surface area (Å²) in [6.07, 6.45) is 2.43. The highest BCUT2D eigenvalue weighted by molar-refractivity contribution is 7.98. The minimum absolute atomic E-state index is 0.138. The molecule has 8 heteroatoms. The molecule has 1 aliphatic heterocycles. The molecule has 0 saturated carbocycles. The molecule has 1 aromatic carbocycles. The Labute approximate surface area is 148 Å². The minimum atomic E-state index is -3.71. The van der Waals surface area contributed by atoms with Crippen molar-refractivity contribution in [2.24, 2.45) is 0 Å². The van der Waals surface area contributed by atoms with Gasteiger partial charge >= 0.3 is 0 Å². The number of carbonyl (C=O) groups excluding carboxylic acids is 1. The number of aryl methyl sites for hydroxylation is 1. The monoisotopic (exact) mass is 371 g/mol. The maximum Gasteiger partial charge on any atom is 0.241 e. The largest absolute Gasteiger partial charge is 0.339 e. The maximum atomic E-state index is 12.7. The van der Waals surface area contributed by atoms with E-state index in [1.807, 2.05) is 13.2 Å². The van der Waals surface area contributed by atoms with Crippen LogP contribution in [-0.4, -0.2) is 63.5 Å². The van der Waals surface area contributed by atoms with E-state index in [4.69, 9.17) is 0 Å². The molecule has 6 nitrogen and oxygen atoms in total. The number of benzene rings is 1. The van der Waals surface area contributed by atoms with Crippen molar-refractivity contribution in [3.8, 4) is 0 Å². The number of hydrogen-bond donors (Lipinski definition) is 2. The van der Waals surface area contributed by atoms with Crippen LogP contribution in [0, 0.1) is 6.92 Å². The third kappa shape index (κ3) is 5.20. The van der Waals surface area contributed by atoms with E-state index in [9.17, 15) is 13.2 Å². The molecule has 0 aromatic heterocycles. The first-order chi connectivity index (χ1) is 11.4. The van der Waals surface area contributed by atoms with Gasteiger partial charge in [-0.25, -0.2) is 8.42 Å². The highest BCUT2D eigenvalue weighted by atomic mass is 32.2. The fourth-order valence-electron chi connectivity index (χ4n) is 2.55. The van der Waals surface area contributed by atoms with Gasteiger partial charge in [0.05, 0.1) is 4.90 Å². The van der Waals surface area contributed by atoms with E-state index in [2.05, 4.69) is 10.0 Å². The molecule has 1 unspecified atom stereocenters. The Morgan fingerprint density at radius 2 is 1.92 bits per heavy atom. The van der Waals surface area contributed by atoms with Crippen LogP contribution in [0.3, 0.4) is 0 Å². The number of amides is 1. The number of thioether (sulfide) groups is 1. The summed E-state index contributed by atoms with van der Waals surface area (Å²) in [5.41, 5.74) is 0.991. The quantitative estimate of drug-likeness (QED) is 0.742. The number of nitrogens with zero attached hydrogens (tertiary/aromatic N) is 1. The van der Waals surface area contributed by atoms with E-state index in [1.54, 1.807) is 40.9 Å². The third-order valence-corrected chi connectivity index (χ3v) is 6.10. The van der Waals surface area contributed by atoms with Gasteiger partial charge in [-0.3, -0.25) is 4.79 Å². The van der Waals surface area contributed by atoms with Crippen LogP contribution >= 0.6 is 11.8 Å². The number of piperazine rings is 1. The average Bonchev–Trinajstić information content (AvgIpc) is 2.59. The van der Waals surface area contributed by atoms with Crippen molar-refractivity contribution >= 4 is 27.7 Å². The molecule has 1 heterocycles. The SMILES string of the molecule is CSCCC(NS(=O)(=O)c1ccc(C)cc1)C(=O)N1CCNCC1. The molecule has 1 atom stereocenters. The standard InChI is InChI=1S/C16H25N3O3S2/c1-13-3-5-14(6-4-13)24(21,22)18-15(7-12-23-2)16(20)19-10-8-17-9-11-19/h3-6,15,17-18H,7-12H2,1-2H3. The van der Waals surface area contributed by atoms with Crippen molar-refractivity contribution in [1.82, 2.24) is 14.9 Å². The van der Waals surface area contributed by atoms with E-state index in [0.717, 1.165) is 24.4 Å². The summed E-state index contributed by atoms with van der Waals surface area (Å²) in [6.45, 7) is 4.61. The maximum absolute atomic E-state index is 12.7. The molecule has 2 rings (SSSR count). The minimum Gasteiger partial charge on any atom is -0.339 e. The summed E-state index contributed by atoms with van der Waals surface area (Å²) in [5, 5.41) is 3.19. The van der Waals surface area contributed by atoms with Crippen molar-refractivity contribution in [2.75, 3.05) is 38.2 Å². The number of nitrogens with one attached hydrogen (secondary N) is 2. The molecule has 0 aliphatic carbocycles. The van der Waals surface area contributed by atoms with Crippen LogP contribution in [0.5, 0.6) is 0 Å². The summed E-state index contributed by atoms with van der Waals surface area (Å²) < 4.78 is 27.8. The molecule has 1 fully saturated rings. The zero-order valence-corrected chi connectivity index (χ0v) is 15.8. The van der Waals surface area contributed by atoms with Gasteiger partial charge in [-0.15, -0.1) is 0 Å². The van der Waals surface area contributed by atoms with Crippen molar-refractivity contribution in [1.29, 1.82) is 0 Å². The second-order valence-electron chi connectivity index (χ2n) is 5.84. The van der Waals surface area contributed by atoms with E-state index >= 15 is 0 Å². The second-order valence-corrected chi connectivity index (χ2v) is 8.54. The summed E-state index contributed by atoms with van der Waals surface area (Å²) in [5.74, 6) is 0.583. The van der Waals surface area contributed by atoms with Crippen LogP contribution in [0.2, 0.25) is 0 Å². The van der Waals surface area contributed by atoms with Gasteiger partial charge in [0.15, 0.2) is 0 Å². The Kier molecular flexibility index (Phi) is 7.09. The molecule has 0 spiro atoms. The predicted molar refractivity (Wildman–Crippen MR) is 97.7 cm³/mol. The average molecular weight is 372 g/mol. The summed E-state index contributed by atoms with van der Waals surface area (Å²) in [7, 11) is -3.71. The van der Waals surface area contributed by atoms with Gasteiger partial charge in [0.2, 0.25) is 15.9 Å². The summed E-state index contributed by atoms with van der Waals surface area (Å²) >= 11 is 1.60. The van der Waals surface area contributed by atoms with Gasteiger partial charge in [-0.1, -0.05) is 17.7 Å². The summed E-state index contributed by atoms with van der Waals surface area (Å²) in [4.78, 5) is 14.7. The van der Waals surface area contributed by atoms with Crippen LogP contribution in [0.25, 0.3) is 0 Å². The molecule has 1 amide bonds. The first kappa shape index (κ1) is 19.2. The molecular formula is C16H25N3O3S2. The van der Waals surface area contributed by atoms with Crippen molar-refractivity contribution in [2.45, 2.75) is 24.3 Å². The predicted octanol–water partition coefficient (Wildman–Crippen LogP) is 0.827. The molecular weight excluding hydrogens is 346 g/mol. The van der Waals surface area contributed by atoms with Gasteiger partial charge in [-0.2, -0.15) is 16.5 Å². The van der Waals surface area contributed by atoms with Gasteiger partial charge in [0.25, 0.3) is 0 Å². The normalized spacial score (nSPS) is 16.8. The first-order valence-corrected chi connectivity index (χ1v) is 10.9. The topological polar surface area (TPSA) is 78.5 Å². The molecule has 1 aromatic rings. The Bertz CT molecular complexity index is 641. The lowest BCUT2D eigenvalue weighted by Gasteiger charge is -2.31. The molecule has 0 radical (unpaired) electrons. The molecule has 1 aliphatic rings. The Hall–Kier alpha value is -1.09. The number of sulfonamides is 1. The van der Waals surface area contributed by atoms with Crippen molar-refractivity contribution in [3.63, 3.8) is 0 Å². The second kappa shape index (κ2) is 8.84. The van der Waals surface area contributed by atoms with E-state index in [1.165, 1.54) is 0 Å².